The van der Waals surface area contributed by atoms with E-state index in [2.05, 4.69) is 25.9 Å². The van der Waals surface area contributed by atoms with Crippen molar-refractivity contribution in [2.75, 3.05) is 14.1 Å². The molecule has 0 saturated heterocycles. The van der Waals surface area contributed by atoms with Crippen molar-refractivity contribution in [3.05, 3.63) is 22.8 Å². The maximum atomic E-state index is 12.7. The molecule has 176 valence electrons. The highest BCUT2D eigenvalue weighted by molar-refractivity contribution is 5.93. The highest BCUT2D eigenvalue weighted by Crippen LogP contribution is 2.66. The summed E-state index contributed by atoms with van der Waals surface area (Å²) in [7, 11) is 4.39. The molecule has 32 heavy (non-hydrogen) atoms. The predicted octanol–water partition coefficient (Wildman–Crippen LogP) is 4.86. The van der Waals surface area contributed by atoms with Crippen molar-refractivity contribution in [1.82, 2.24) is 4.90 Å². The van der Waals surface area contributed by atoms with Crippen molar-refractivity contribution < 1.29 is 14.7 Å². The van der Waals surface area contributed by atoms with E-state index < -0.39 is 5.60 Å². The zero-order valence-corrected chi connectivity index (χ0v) is 20.5. The molecule has 0 aromatic rings. The Balaban J connectivity index is 1.57. The fraction of sp³-hybridized carbons (Fsp3) is 0.786. The Labute approximate surface area is 193 Å². The number of hydrogen-bond donors (Lipinski definition) is 1. The van der Waals surface area contributed by atoms with Crippen LogP contribution in [0.15, 0.2) is 22.8 Å². The molecule has 3 saturated carbocycles. The first-order chi connectivity index (χ1) is 15.2. The van der Waals surface area contributed by atoms with E-state index in [1.807, 2.05) is 6.08 Å². The minimum Gasteiger partial charge on any atom is -0.382 e. The molecule has 0 aromatic carbocycles. The van der Waals surface area contributed by atoms with E-state index in [1.165, 1.54) is 36.8 Å². The van der Waals surface area contributed by atoms with Crippen LogP contribution < -0.4 is 0 Å². The van der Waals surface area contributed by atoms with Crippen LogP contribution >= 0.6 is 0 Å². The number of carbonyl (C=O) groups is 2. The number of carbonyl (C=O) groups excluding carboxylic acids is 2. The summed E-state index contributed by atoms with van der Waals surface area (Å²) in [6, 6.07) is 0.668. The summed E-state index contributed by atoms with van der Waals surface area (Å²) in [5.74, 6) is 2.18. The van der Waals surface area contributed by atoms with Gasteiger partial charge in [-0.3, -0.25) is 9.59 Å². The lowest BCUT2D eigenvalue weighted by Gasteiger charge is -2.56. The number of nitrogens with zero attached hydrogens (tertiary/aromatic N) is 1. The van der Waals surface area contributed by atoms with Gasteiger partial charge in [-0.1, -0.05) is 12.5 Å². The highest BCUT2D eigenvalue weighted by Gasteiger charge is 2.65. The monoisotopic (exact) mass is 439 g/mol. The number of fused-ring (bicyclic) bond motifs is 4. The van der Waals surface area contributed by atoms with Crippen molar-refractivity contribution in [1.29, 1.82) is 0 Å². The Morgan fingerprint density at radius 1 is 1.03 bits per heavy atom. The number of allylic oxidation sites excluding steroid dienone is 4. The molecular weight excluding hydrogens is 398 g/mol. The largest absolute Gasteiger partial charge is 0.382 e. The summed E-state index contributed by atoms with van der Waals surface area (Å²) >= 11 is 0. The predicted molar refractivity (Wildman–Crippen MR) is 126 cm³/mol. The Morgan fingerprint density at radius 3 is 2.41 bits per heavy atom. The van der Waals surface area contributed by atoms with Crippen molar-refractivity contribution in [2.24, 2.45) is 29.1 Å². The van der Waals surface area contributed by atoms with Crippen LogP contribution in [0.4, 0.5) is 0 Å². The van der Waals surface area contributed by atoms with Crippen LogP contribution in [0.1, 0.15) is 84.5 Å². The molecular formula is C28H41NO3. The third-order valence-corrected chi connectivity index (χ3v) is 10.5. The van der Waals surface area contributed by atoms with Gasteiger partial charge in [-0.15, -0.1) is 0 Å². The van der Waals surface area contributed by atoms with Gasteiger partial charge in [-0.05, 0) is 126 Å². The van der Waals surface area contributed by atoms with E-state index >= 15 is 0 Å². The van der Waals surface area contributed by atoms with Gasteiger partial charge in [0.2, 0.25) is 0 Å². The topological polar surface area (TPSA) is 57.6 Å². The van der Waals surface area contributed by atoms with Crippen molar-refractivity contribution in [3.8, 4) is 0 Å². The van der Waals surface area contributed by atoms with Gasteiger partial charge in [-0.2, -0.15) is 0 Å². The second-order valence-corrected chi connectivity index (χ2v) is 12.0. The number of aliphatic hydroxyl groups is 1. The molecule has 5 atom stereocenters. The van der Waals surface area contributed by atoms with E-state index in [0.29, 0.717) is 48.3 Å². The van der Waals surface area contributed by atoms with Crippen molar-refractivity contribution in [2.45, 2.75) is 96.1 Å². The van der Waals surface area contributed by atoms with Gasteiger partial charge in [0.05, 0.1) is 0 Å². The van der Waals surface area contributed by atoms with E-state index in [9.17, 15) is 14.7 Å². The summed E-state index contributed by atoms with van der Waals surface area (Å²) < 4.78 is 0. The summed E-state index contributed by atoms with van der Waals surface area (Å²) in [6.07, 6.45) is 13.0. The SMILES string of the molecule is CC(=O)C1(O)CCC2C3CCC4=CC(=O)CCC4=C3[C@@H](C3CCC(N(C)C)CC3)C[C@@]21C. The van der Waals surface area contributed by atoms with Crippen molar-refractivity contribution >= 4 is 11.6 Å². The molecule has 0 radical (unpaired) electrons. The minimum atomic E-state index is -1.18. The minimum absolute atomic E-state index is 0.0340. The van der Waals surface area contributed by atoms with Gasteiger partial charge >= 0.3 is 0 Å². The fourth-order valence-electron chi connectivity index (χ4n) is 8.75. The molecule has 4 nitrogen and oxygen atoms in total. The van der Waals surface area contributed by atoms with Gasteiger partial charge < -0.3 is 10.0 Å². The first kappa shape index (κ1) is 22.5. The van der Waals surface area contributed by atoms with Crippen LogP contribution in [-0.4, -0.2) is 47.3 Å². The highest BCUT2D eigenvalue weighted by atomic mass is 16.3. The molecule has 0 heterocycles. The lowest BCUT2D eigenvalue weighted by atomic mass is 9.49. The number of ketones is 2. The number of Topliss-reactive ketones (excluding diaryl/α,β-unsaturated/α-hetero) is 1. The average Bonchev–Trinajstić information content (AvgIpc) is 3.04. The standard InChI is InChI=1S/C28H41NO3/c1-17(30)28(32)14-13-25-23-11-7-19-15-21(31)10-12-22(19)26(23)24(16-27(25,28)2)18-5-8-20(9-6-18)29(3)4/h15,18,20,23-25,32H,5-14,16H2,1-4H3/t18?,20?,23?,24-,25?,27+,28?/m1/s1. The van der Waals surface area contributed by atoms with Crippen LogP contribution in [0.25, 0.3) is 0 Å². The van der Waals surface area contributed by atoms with Gasteiger partial charge in [0.15, 0.2) is 11.6 Å². The molecule has 0 amide bonds. The van der Waals surface area contributed by atoms with Gasteiger partial charge in [0.1, 0.15) is 5.60 Å². The average molecular weight is 440 g/mol. The number of rotatable bonds is 3. The molecule has 1 N–H and O–H groups in total. The first-order valence-corrected chi connectivity index (χ1v) is 13.0. The Hall–Kier alpha value is -1.26. The summed E-state index contributed by atoms with van der Waals surface area (Å²) in [4.78, 5) is 27.3. The van der Waals surface area contributed by atoms with Crippen LogP contribution in [0.2, 0.25) is 0 Å². The second kappa shape index (κ2) is 7.91. The van der Waals surface area contributed by atoms with Crippen LogP contribution in [0.5, 0.6) is 0 Å². The zero-order chi connectivity index (χ0) is 22.8. The molecule has 5 aliphatic rings. The zero-order valence-electron chi connectivity index (χ0n) is 20.5. The molecule has 4 heteroatoms. The van der Waals surface area contributed by atoms with E-state index in [0.717, 1.165) is 32.1 Å². The lowest BCUT2D eigenvalue weighted by molar-refractivity contribution is -0.155. The maximum absolute atomic E-state index is 12.7. The maximum Gasteiger partial charge on any atom is 0.161 e. The Kier molecular flexibility index (Phi) is 5.57. The van der Waals surface area contributed by atoms with E-state index in [4.69, 9.17) is 0 Å². The fourth-order valence-corrected chi connectivity index (χ4v) is 8.75. The van der Waals surface area contributed by atoms with Gasteiger partial charge in [0, 0.05) is 17.9 Å². The lowest BCUT2D eigenvalue weighted by Crippen LogP contribution is -2.56. The first-order valence-electron chi connectivity index (χ1n) is 13.0. The molecule has 3 unspecified atom stereocenters. The molecule has 0 aromatic heterocycles. The third-order valence-electron chi connectivity index (χ3n) is 10.5. The Morgan fingerprint density at radius 2 is 1.75 bits per heavy atom. The molecule has 5 rings (SSSR count). The quantitative estimate of drug-likeness (QED) is 0.682. The normalized spacial score (nSPS) is 44.1. The van der Waals surface area contributed by atoms with E-state index in [-0.39, 0.29) is 11.2 Å². The van der Waals surface area contributed by atoms with Gasteiger partial charge in [0.25, 0.3) is 0 Å². The smallest absolute Gasteiger partial charge is 0.161 e. The molecule has 3 fully saturated rings. The Bertz CT molecular complexity index is 877. The third kappa shape index (κ3) is 3.23. The van der Waals surface area contributed by atoms with Crippen LogP contribution in [0, 0.1) is 29.1 Å². The van der Waals surface area contributed by atoms with Crippen LogP contribution in [0.3, 0.4) is 0 Å². The molecule has 5 aliphatic carbocycles. The molecule has 0 spiro atoms. The van der Waals surface area contributed by atoms with Gasteiger partial charge in [-0.25, -0.2) is 0 Å². The summed E-state index contributed by atoms with van der Waals surface area (Å²) in [5.41, 5.74) is 2.95. The van der Waals surface area contributed by atoms with E-state index in [1.54, 1.807) is 12.5 Å². The summed E-state index contributed by atoms with van der Waals surface area (Å²) in [5, 5.41) is 11.7. The van der Waals surface area contributed by atoms with Crippen LogP contribution in [-0.2, 0) is 9.59 Å². The second-order valence-electron chi connectivity index (χ2n) is 12.0. The summed E-state index contributed by atoms with van der Waals surface area (Å²) in [6.45, 7) is 3.84. The number of hydrogen-bond acceptors (Lipinski definition) is 4. The molecule has 0 aliphatic heterocycles. The molecule has 0 bridgehead atoms. The van der Waals surface area contributed by atoms with Crippen molar-refractivity contribution in [3.63, 3.8) is 0 Å².